The third-order valence-corrected chi connectivity index (χ3v) is 2.15. The van der Waals surface area contributed by atoms with Gasteiger partial charge in [-0.1, -0.05) is 20.8 Å². The summed E-state index contributed by atoms with van der Waals surface area (Å²) in [6.45, 7) is 11.8. The molecule has 1 saturated heterocycles. The molecule has 0 spiro atoms. The van der Waals surface area contributed by atoms with Crippen molar-refractivity contribution in [2.45, 2.75) is 39.7 Å². The molecule has 1 aliphatic rings. The van der Waals surface area contributed by atoms with E-state index in [1.165, 1.54) is 6.42 Å². The number of nitrogens with one attached hydrogen (secondary N) is 2. The summed E-state index contributed by atoms with van der Waals surface area (Å²) < 4.78 is 0. The van der Waals surface area contributed by atoms with Crippen molar-refractivity contribution in [3.63, 3.8) is 0 Å². The fraction of sp³-hybridized carbons (Fsp3) is 1.00. The maximum atomic E-state index is 3.48. The van der Waals surface area contributed by atoms with Crippen molar-refractivity contribution in [2.24, 2.45) is 0 Å². The van der Waals surface area contributed by atoms with Crippen molar-refractivity contribution < 1.29 is 0 Å². The minimum atomic E-state index is 0.359. The molecule has 1 rings (SSSR count). The summed E-state index contributed by atoms with van der Waals surface area (Å²) in [5.74, 6) is 0. The molecule has 2 nitrogen and oxygen atoms in total. The van der Waals surface area contributed by atoms with E-state index in [1.54, 1.807) is 0 Å². The van der Waals surface area contributed by atoms with Crippen LogP contribution in [0.2, 0.25) is 0 Å². The van der Waals surface area contributed by atoms with Gasteiger partial charge in [-0.25, -0.2) is 0 Å². The quantitative estimate of drug-likeness (QED) is 0.602. The minimum absolute atomic E-state index is 0.359. The maximum Gasteiger partial charge on any atom is 0.0275 e. The van der Waals surface area contributed by atoms with Gasteiger partial charge in [0.1, 0.15) is 0 Å². The third-order valence-electron chi connectivity index (χ3n) is 2.15. The molecule has 2 heteroatoms. The molecular weight excluding hydrogens is 136 g/mol. The van der Waals surface area contributed by atoms with E-state index in [4.69, 9.17) is 0 Å². The fourth-order valence-electron chi connectivity index (χ4n) is 1.13. The molecule has 0 amide bonds. The zero-order chi connectivity index (χ0) is 8.74. The summed E-state index contributed by atoms with van der Waals surface area (Å²) >= 11 is 0. The summed E-state index contributed by atoms with van der Waals surface area (Å²) in [5.41, 5.74) is 0.359. The molecule has 0 radical (unpaired) electrons. The molecule has 0 aromatic heterocycles. The van der Waals surface area contributed by atoms with Gasteiger partial charge in [0.2, 0.25) is 0 Å². The molecule has 1 fully saturated rings. The lowest BCUT2D eigenvalue weighted by molar-refractivity contribution is 0.288. The first-order valence-corrected chi connectivity index (χ1v) is 4.72. The average Bonchev–Trinajstić information content (AvgIpc) is 2.10. The van der Waals surface area contributed by atoms with Crippen molar-refractivity contribution in [3.05, 3.63) is 0 Å². The predicted molar refractivity (Wildman–Crippen MR) is 50.9 cm³/mol. The maximum absolute atomic E-state index is 3.48. The number of piperazine rings is 1. The van der Waals surface area contributed by atoms with Crippen LogP contribution in [0.3, 0.4) is 0 Å². The monoisotopic (exact) mass is 158 g/mol. The molecule has 1 heterocycles. The Kier molecular flexibility index (Phi) is 5.51. The Hall–Kier alpha value is -0.0800. The van der Waals surface area contributed by atoms with E-state index in [2.05, 4.69) is 24.5 Å². The van der Waals surface area contributed by atoms with Gasteiger partial charge in [0.15, 0.2) is 0 Å². The summed E-state index contributed by atoms with van der Waals surface area (Å²) in [6, 6.07) is 0. The Bertz CT molecular complexity index is 85.6. The van der Waals surface area contributed by atoms with Gasteiger partial charge in [-0.3, -0.25) is 0 Å². The van der Waals surface area contributed by atoms with Gasteiger partial charge in [0.05, 0.1) is 0 Å². The van der Waals surface area contributed by atoms with Crippen LogP contribution in [0, 0.1) is 0 Å². The lowest BCUT2D eigenvalue weighted by atomic mass is 9.97. The Morgan fingerprint density at radius 3 is 2.18 bits per heavy atom. The SMILES string of the molecule is CC.CCC1(C)CNCCN1. The highest BCUT2D eigenvalue weighted by Gasteiger charge is 2.22. The highest BCUT2D eigenvalue weighted by Crippen LogP contribution is 2.08. The molecule has 11 heavy (non-hydrogen) atoms. The summed E-state index contributed by atoms with van der Waals surface area (Å²) in [7, 11) is 0. The lowest BCUT2D eigenvalue weighted by Crippen LogP contribution is -2.56. The van der Waals surface area contributed by atoms with E-state index in [1.807, 2.05) is 13.8 Å². The van der Waals surface area contributed by atoms with Crippen LogP contribution < -0.4 is 10.6 Å². The number of rotatable bonds is 1. The van der Waals surface area contributed by atoms with Crippen LogP contribution in [0.15, 0.2) is 0 Å². The van der Waals surface area contributed by atoms with Gasteiger partial charge in [-0.05, 0) is 13.3 Å². The third kappa shape index (κ3) is 3.73. The zero-order valence-corrected chi connectivity index (χ0v) is 8.33. The smallest absolute Gasteiger partial charge is 0.0275 e. The zero-order valence-electron chi connectivity index (χ0n) is 8.33. The molecule has 2 N–H and O–H groups in total. The van der Waals surface area contributed by atoms with E-state index >= 15 is 0 Å². The topological polar surface area (TPSA) is 24.1 Å². The van der Waals surface area contributed by atoms with Crippen molar-refractivity contribution in [1.29, 1.82) is 0 Å². The van der Waals surface area contributed by atoms with E-state index in [0.29, 0.717) is 5.54 Å². The standard InChI is InChI=1S/C7H16N2.C2H6/c1-3-7(2)6-8-4-5-9-7;1-2/h8-9H,3-6H2,1-2H3;1-2H3. The summed E-state index contributed by atoms with van der Waals surface area (Å²) in [5, 5.41) is 6.85. The van der Waals surface area contributed by atoms with E-state index in [-0.39, 0.29) is 0 Å². The summed E-state index contributed by atoms with van der Waals surface area (Å²) in [4.78, 5) is 0. The van der Waals surface area contributed by atoms with Crippen LogP contribution in [0.4, 0.5) is 0 Å². The van der Waals surface area contributed by atoms with Gasteiger partial charge >= 0.3 is 0 Å². The van der Waals surface area contributed by atoms with Gasteiger partial charge < -0.3 is 10.6 Å². The van der Waals surface area contributed by atoms with Crippen LogP contribution in [-0.2, 0) is 0 Å². The summed E-state index contributed by atoms with van der Waals surface area (Å²) in [6.07, 6.45) is 1.21. The predicted octanol–water partition coefficient (Wildman–Crippen LogP) is 1.37. The molecule has 0 aromatic carbocycles. The van der Waals surface area contributed by atoms with Crippen LogP contribution in [-0.4, -0.2) is 25.2 Å². The van der Waals surface area contributed by atoms with Crippen molar-refractivity contribution >= 4 is 0 Å². The molecular formula is C9H22N2. The first-order valence-electron chi connectivity index (χ1n) is 4.72. The lowest BCUT2D eigenvalue weighted by Gasteiger charge is -2.34. The second kappa shape index (κ2) is 5.56. The van der Waals surface area contributed by atoms with Crippen molar-refractivity contribution in [2.75, 3.05) is 19.6 Å². The fourth-order valence-corrected chi connectivity index (χ4v) is 1.13. The Balaban J connectivity index is 0.000000461. The second-order valence-electron chi connectivity index (χ2n) is 3.02. The normalized spacial score (nSPS) is 30.5. The highest BCUT2D eigenvalue weighted by molar-refractivity contribution is 4.87. The van der Waals surface area contributed by atoms with Crippen LogP contribution in [0.1, 0.15) is 34.1 Å². The van der Waals surface area contributed by atoms with Crippen LogP contribution in [0.25, 0.3) is 0 Å². The molecule has 0 saturated carbocycles. The number of hydrogen-bond acceptors (Lipinski definition) is 2. The Morgan fingerprint density at radius 1 is 1.27 bits per heavy atom. The van der Waals surface area contributed by atoms with Crippen molar-refractivity contribution in [3.8, 4) is 0 Å². The molecule has 0 aromatic rings. The van der Waals surface area contributed by atoms with Gasteiger partial charge in [0.25, 0.3) is 0 Å². The van der Waals surface area contributed by atoms with Crippen LogP contribution >= 0.6 is 0 Å². The molecule has 0 bridgehead atoms. The van der Waals surface area contributed by atoms with Gasteiger partial charge in [0, 0.05) is 25.2 Å². The van der Waals surface area contributed by atoms with Crippen molar-refractivity contribution in [1.82, 2.24) is 10.6 Å². The first-order chi connectivity index (χ1) is 5.27. The number of hydrogen-bond donors (Lipinski definition) is 2. The van der Waals surface area contributed by atoms with E-state index in [9.17, 15) is 0 Å². The van der Waals surface area contributed by atoms with E-state index < -0.39 is 0 Å². The average molecular weight is 158 g/mol. The molecule has 68 valence electrons. The van der Waals surface area contributed by atoms with Gasteiger partial charge in [-0.2, -0.15) is 0 Å². The Morgan fingerprint density at radius 2 is 1.91 bits per heavy atom. The highest BCUT2D eigenvalue weighted by atomic mass is 15.1. The largest absolute Gasteiger partial charge is 0.314 e. The van der Waals surface area contributed by atoms with E-state index in [0.717, 1.165) is 19.6 Å². The molecule has 1 unspecified atom stereocenters. The minimum Gasteiger partial charge on any atom is -0.314 e. The second-order valence-corrected chi connectivity index (χ2v) is 3.02. The molecule has 1 aliphatic heterocycles. The first kappa shape index (κ1) is 10.9. The Labute approximate surface area is 70.8 Å². The van der Waals surface area contributed by atoms with Gasteiger partial charge in [-0.15, -0.1) is 0 Å². The van der Waals surface area contributed by atoms with Crippen LogP contribution in [0.5, 0.6) is 0 Å². The molecule has 1 atom stereocenters. The molecule has 0 aliphatic carbocycles.